The van der Waals surface area contributed by atoms with Gasteiger partial charge in [0.05, 0.1) is 9.95 Å². The van der Waals surface area contributed by atoms with Gasteiger partial charge < -0.3 is 8.92 Å². The molecule has 2 aromatic rings. The Bertz CT molecular complexity index is 886. The summed E-state index contributed by atoms with van der Waals surface area (Å²) in [4.78, 5) is 22.8. The van der Waals surface area contributed by atoms with Gasteiger partial charge in [-0.25, -0.2) is 4.79 Å². The van der Waals surface area contributed by atoms with Gasteiger partial charge in [-0.3, -0.25) is 10.1 Å². The van der Waals surface area contributed by atoms with Crippen LogP contribution in [-0.2, 0) is 4.18 Å². The van der Waals surface area contributed by atoms with Crippen LogP contribution in [0.15, 0.2) is 18.2 Å². The lowest BCUT2D eigenvalue weighted by molar-refractivity contribution is -0.385. The van der Waals surface area contributed by atoms with Gasteiger partial charge in [-0.15, -0.1) is 0 Å². The molecule has 132 valence electrons. The quantitative estimate of drug-likeness (QED) is 0.311. The fourth-order valence-corrected chi connectivity index (χ4v) is 2.99. The molecule has 0 atom stereocenters. The van der Waals surface area contributed by atoms with E-state index < -0.39 is 10.9 Å². The highest BCUT2D eigenvalue weighted by Crippen LogP contribution is 2.41. The number of carbonyl (C=O) groups is 1. The summed E-state index contributed by atoms with van der Waals surface area (Å²) in [7, 11) is 0. The number of carbonyl (C=O) groups excluding carboxylic acids is 1. The van der Waals surface area contributed by atoms with Crippen molar-refractivity contribution in [1.29, 1.82) is 0 Å². The van der Waals surface area contributed by atoms with Gasteiger partial charge in [0.15, 0.2) is 0 Å². The lowest BCUT2D eigenvalue weighted by Gasteiger charge is -2.17. The zero-order chi connectivity index (χ0) is 18.9. The number of nitro benzene ring substituents is 1. The normalized spacial score (nSPS) is 10.5. The van der Waals surface area contributed by atoms with E-state index in [0.717, 1.165) is 0 Å². The lowest BCUT2D eigenvalue weighted by Crippen LogP contribution is -2.11. The van der Waals surface area contributed by atoms with E-state index in [-0.39, 0.29) is 33.1 Å². The summed E-state index contributed by atoms with van der Waals surface area (Å²) in [5, 5.41) is 12.1. The Morgan fingerprint density at radius 2 is 1.80 bits per heavy atom. The molecule has 0 radical (unpaired) electrons. The van der Waals surface area contributed by atoms with E-state index >= 15 is 0 Å². The molecule has 0 aliphatic heterocycles. The van der Waals surface area contributed by atoms with Crippen molar-refractivity contribution in [3.8, 4) is 11.5 Å². The Morgan fingerprint density at radius 3 is 2.32 bits per heavy atom. The minimum atomic E-state index is -0.942. The molecule has 0 amide bonds. The van der Waals surface area contributed by atoms with E-state index in [0.29, 0.717) is 16.3 Å². The van der Waals surface area contributed by atoms with Gasteiger partial charge in [0, 0.05) is 34.6 Å². The highest BCUT2D eigenvalue weighted by atomic mass is 35.5. The average molecular weight is 402 g/mol. The number of benzene rings is 2. The van der Waals surface area contributed by atoms with Crippen molar-refractivity contribution in [3.63, 3.8) is 0 Å². The lowest BCUT2D eigenvalue weighted by atomic mass is 9.96. The molecule has 2 rings (SSSR count). The first-order chi connectivity index (χ1) is 11.7. The van der Waals surface area contributed by atoms with E-state index in [9.17, 15) is 14.9 Å². The van der Waals surface area contributed by atoms with Crippen molar-refractivity contribution in [2.75, 3.05) is 0 Å². The van der Waals surface area contributed by atoms with Crippen LogP contribution in [0.3, 0.4) is 0 Å². The van der Waals surface area contributed by atoms with E-state index in [1.165, 1.54) is 19.9 Å². The third-order valence-corrected chi connectivity index (χ3v) is 4.48. The molecule has 6 nitrogen and oxygen atoms in total. The van der Waals surface area contributed by atoms with Gasteiger partial charge in [-0.05, 0) is 39.0 Å². The molecule has 0 saturated heterocycles. The topological polar surface area (TPSA) is 78.7 Å². The molecular formula is C16H13Cl2NO5S. The van der Waals surface area contributed by atoms with E-state index in [4.69, 9.17) is 27.9 Å². The van der Waals surface area contributed by atoms with Gasteiger partial charge in [-0.1, -0.05) is 23.2 Å². The van der Waals surface area contributed by atoms with Crippen molar-refractivity contribution in [3.05, 3.63) is 60.6 Å². The van der Waals surface area contributed by atoms with Crippen LogP contribution in [0.5, 0.6) is 11.5 Å². The van der Waals surface area contributed by atoms with Gasteiger partial charge in [0.1, 0.15) is 17.1 Å². The number of nitrogens with zero attached hydrogens (tertiary/aromatic N) is 1. The molecule has 0 aliphatic rings. The molecule has 0 saturated carbocycles. The van der Waals surface area contributed by atoms with Crippen molar-refractivity contribution >= 4 is 47.8 Å². The zero-order valence-electron chi connectivity index (χ0n) is 13.4. The molecule has 0 aliphatic carbocycles. The van der Waals surface area contributed by atoms with Crippen LogP contribution in [0.25, 0.3) is 0 Å². The second-order valence-electron chi connectivity index (χ2n) is 5.24. The van der Waals surface area contributed by atoms with Crippen LogP contribution in [0.1, 0.15) is 27.0 Å². The van der Waals surface area contributed by atoms with Gasteiger partial charge in [0.2, 0.25) is 0 Å². The van der Waals surface area contributed by atoms with Crippen LogP contribution in [0.2, 0.25) is 10.0 Å². The summed E-state index contributed by atoms with van der Waals surface area (Å²) in [5.41, 5.74) is 0.474. The number of hydrogen-bond acceptors (Lipinski definition) is 6. The van der Waals surface area contributed by atoms with Crippen LogP contribution in [0, 0.1) is 30.9 Å². The fourth-order valence-electron chi connectivity index (χ4n) is 2.45. The van der Waals surface area contributed by atoms with E-state index in [1.54, 1.807) is 19.1 Å². The highest BCUT2D eigenvalue weighted by Gasteiger charge is 2.31. The highest BCUT2D eigenvalue weighted by molar-refractivity contribution is 7.75. The van der Waals surface area contributed by atoms with Gasteiger partial charge >= 0.3 is 5.97 Å². The number of nitro groups is 1. The maximum atomic E-state index is 12.0. The third-order valence-electron chi connectivity index (χ3n) is 3.79. The largest absolute Gasteiger partial charge is 0.455 e. The van der Waals surface area contributed by atoms with Gasteiger partial charge in [0.25, 0.3) is 5.69 Å². The van der Waals surface area contributed by atoms with Crippen molar-refractivity contribution < 1.29 is 18.6 Å². The molecule has 0 N–H and O–H groups in total. The Hall–Kier alpha value is -1.96. The second kappa shape index (κ2) is 7.51. The molecule has 0 unspecified atom stereocenters. The SMILES string of the molecule is Cc1c(C)c([N+](=O)[O-])c(C(=O)OS)c(C)c1Oc1ccc(Cl)cc1Cl. The minimum absolute atomic E-state index is 0.219. The van der Waals surface area contributed by atoms with Crippen molar-refractivity contribution in [1.82, 2.24) is 0 Å². The molecule has 25 heavy (non-hydrogen) atoms. The Labute approximate surface area is 159 Å². The van der Waals surface area contributed by atoms with Crippen LogP contribution >= 0.6 is 36.1 Å². The number of halogens is 2. The molecular weight excluding hydrogens is 389 g/mol. The molecule has 0 spiro atoms. The first-order valence-electron chi connectivity index (χ1n) is 6.95. The van der Waals surface area contributed by atoms with Crippen LogP contribution in [0.4, 0.5) is 5.69 Å². The molecule has 9 heteroatoms. The van der Waals surface area contributed by atoms with Crippen molar-refractivity contribution in [2.45, 2.75) is 20.8 Å². The third kappa shape index (κ3) is 3.68. The summed E-state index contributed by atoms with van der Waals surface area (Å²) in [5.74, 6) is -0.362. The first-order valence-corrected chi connectivity index (χ1v) is 8.07. The van der Waals surface area contributed by atoms with Crippen LogP contribution in [-0.4, -0.2) is 10.9 Å². The zero-order valence-corrected chi connectivity index (χ0v) is 15.8. The molecule has 0 fully saturated rings. The van der Waals surface area contributed by atoms with E-state index in [2.05, 4.69) is 17.1 Å². The summed E-state index contributed by atoms with van der Waals surface area (Å²) >= 11 is 15.4. The molecule has 0 aromatic heterocycles. The summed E-state index contributed by atoms with van der Waals surface area (Å²) in [6.07, 6.45) is 0. The Morgan fingerprint density at radius 1 is 1.16 bits per heavy atom. The number of rotatable bonds is 4. The van der Waals surface area contributed by atoms with Crippen LogP contribution < -0.4 is 4.74 Å². The predicted octanol–water partition coefficient (Wildman–Crippen LogP) is 5.62. The molecule has 0 heterocycles. The molecule has 2 aromatic carbocycles. The maximum Gasteiger partial charge on any atom is 0.357 e. The Balaban J connectivity index is 2.72. The minimum Gasteiger partial charge on any atom is -0.455 e. The first kappa shape index (κ1) is 19.4. The predicted molar refractivity (Wildman–Crippen MR) is 98.2 cm³/mol. The summed E-state index contributed by atoms with van der Waals surface area (Å²) in [6, 6.07) is 4.66. The number of hydrogen-bond donors (Lipinski definition) is 1. The average Bonchev–Trinajstić information content (AvgIpc) is 2.55. The number of ether oxygens (including phenoxy) is 1. The maximum absolute atomic E-state index is 12.0. The van der Waals surface area contributed by atoms with Crippen molar-refractivity contribution in [2.24, 2.45) is 0 Å². The Kier molecular flexibility index (Phi) is 5.82. The summed E-state index contributed by atoms with van der Waals surface area (Å²) < 4.78 is 10.2. The van der Waals surface area contributed by atoms with Gasteiger partial charge in [-0.2, -0.15) is 0 Å². The standard InChI is InChI=1S/C16H13Cl2NO5S/c1-7-8(2)15(23-12-5-4-10(17)6-11(12)18)9(3)13(16(20)24-25)14(7)19(21)22/h4-6,25H,1-3H3. The summed E-state index contributed by atoms with van der Waals surface area (Å²) in [6.45, 7) is 4.71. The fraction of sp³-hybridized carbons (Fsp3) is 0.188. The second-order valence-corrected chi connectivity index (χ2v) is 6.27. The smallest absolute Gasteiger partial charge is 0.357 e. The molecule has 0 bridgehead atoms. The number of thiol groups is 1. The van der Waals surface area contributed by atoms with E-state index in [1.807, 2.05) is 0 Å². The monoisotopic (exact) mass is 401 g/mol.